The highest BCUT2D eigenvalue weighted by atomic mass is 32.2. The van der Waals surface area contributed by atoms with Gasteiger partial charge in [0.05, 0.1) is 24.6 Å². The van der Waals surface area contributed by atoms with E-state index in [1.165, 1.54) is 4.31 Å². The topological polar surface area (TPSA) is 76.5 Å². The summed E-state index contributed by atoms with van der Waals surface area (Å²) in [5.41, 5.74) is 2.18. The largest absolute Gasteiger partial charge is 0.379 e. The number of morpholine rings is 1. The van der Waals surface area contributed by atoms with E-state index in [1.54, 1.807) is 6.07 Å². The van der Waals surface area contributed by atoms with Crippen LogP contribution in [0, 0.1) is 0 Å². The van der Waals surface area contributed by atoms with Crippen molar-refractivity contribution in [2.24, 2.45) is 0 Å². The molecule has 0 radical (unpaired) electrons. The van der Waals surface area contributed by atoms with Crippen molar-refractivity contribution in [3.8, 4) is 11.3 Å². The van der Waals surface area contributed by atoms with E-state index in [4.69, 9.17) is 9.72 Å². The van der Waals surface area contributed by atoms with Crippen LogP contribution < -0.4 is 4.72 Å². The number of fused-ring (bicyclic) bond motifs is 1. The third kappa shape index (κ3) is 3.42. The second-order valence-electron chi connectivity index (χ2n) is 6.36. The third-order valence-electron chi connectivity index (χ3n) is 4.66. The first-order chi connectivity index (χ1) is 12.1. The van der Waals surface area contributed by atoms with Crippen molar-refractivity contribution in [3.63, 3.8) is 0 Å². The van der Waals surface area contributed by atoms with Gasteiger partial charge >= 0.3 is 10.2 Å². The van der Waals surface area contributed by atoms with Gasteiger partial charge in [-0.15, -0.1) is 0 Å². The van der Waals surface area contributed by atoms with E-state index in [0.29, 0.717) is 32.0 Å². The maximum absolute atomic E-state index is 12.7. The molecule has 0 saturated carbocycles. The minimum atomic E-state index is -3.60. The van der Waals surface area contributed by atoms with E-state index in [9.17, 15) is 8.42 Å². The van der Waals surface area contributed by atoms with Gasteiger partial charge in [0, 0.05) is 37.8 Å². The number of rotatable bonds is 4. The molecule has 0 unspecified atom stereocenters. The molecule has 0 aliphatic carbocycles. The van der Waals surface area contributed by atoms with Gasteiger partial charge in [-0.25, -0.2) is 4.98 Å². The quantitative estimate of drug-likeness (QED) is 0.901. The lowest BCUT2D eigenvalue weighted by Gasteiger charge is -2.26. The Kier molecular flexibility index (Phi) is 4.49. The summed E-state index contributed by atoms with van der Waals surface area (Å²) in [4.78, 5) is 4.72. The van der Waals surface area contributed by atoms with Gasteiger partial charge in [0.1, 0.15) is 5.82 Å². The van der Waals surface area contributed by atoms with Crippen LogP contribution in [0.3, 0.4) is 0 Å². The minimum Gasteiger partial charge on any atom is -0.379 e. The summed E-state index contributed by atoms with van der Waals surface area (Å²) in [7, 11) is -3.60. The molecule has 4 rings (SSSR count). The molecule has 2 aliphatic rings. The number of benzene rings is 1. The SMILES string of the molecule is O=S(=O)(Nc1ccccc1-c1cn2c(n1)CCCC2)N1CCOCC1. The Morgan fingerprint density at radius 3 is 2.68 bits per heavy atom. The Labute approximate surface area is 147 Å². The van der Waals surface area contributed by atoms with E-state index in [2.05, 4.69) is 9.29 Å². The summed E-state index contributed by atoms with van der Waals surface area (Å²) in [5, 5.41) is 0. The number of aromatic nitrogens is 2. The van der Waals surface area contributed by atoms with Crippen LogP contribution in [0.1, 0.15) is 18.7 Å². The van der Waals surface area contributed by atoms with Crippen LogP contribution in [-0.2, 0) is 27.9 Å². The van der Waals surface area contributed by atoms with E-state index >= 15 is 0 Å². The fourth-order valence-corrected chi connectivity index (χ4v) is 4.54. The maximum atomic E-state index is 12.7. The van der Waals surface area contributed by atoms with Crippen LogP contribution in [0.4, 0.5) is 5.69 Å². The summed E-state index contributed by atoms with van der Waals surface area (Å²) in [6, 6.07) is 7.42. The molecule has 134 valence electrons. The van der Waals surface area contributed by atoms with Gasteiger partial charge in [0.2, 0.25) is 0 Å². The number of nitrogens with zero attached hydrogens (tertiary/aromatic N) is 3. The van der Waals surface area contributed by atoms with Crippen molar-refractivity contribution in [3.05, 3.63) is 36.3 Å². The molecule has 3 heterocycles. The summed E-state index contributed by atoms with van der Waals surface area (Å²) in [5.74, 6) is 1.08. The van der Waals surface area contributed by atoms with E-state index in [-0.39, 0.29) is 0 Å². The summed E-state index contributed by atoms with van der Waals surface area (Å²) in [6.45, 7) is 2.57. The molecule has 2 aromatic rings. The fourth-order valence-electron chi connectivity index (χ4n) is 3.33. The standard InChI is InChI=1S/C17H22N4O3S/c22-25(23,21-9-11-24-12-10-21)19-15-6-2-1-5-14(15)16-13-20-8-4-3-7-17(20)18-16/h1-2,5-6,13,19H,3-4,7-12H2. The fraction of sp³-hybridized carbons (Fsp3) is 0.471. The van der Waals surface area contributed by atoms with Crippen LogP contribution in [-0.4, -0.2) is 48.6 Å². The lowest BCUT2D eigenvalue weighted by atomic mass is 10.1. The molecule has 8 heteroatoms. The smallest absolute Gasteiger partial charge is 0.301 e. The van der Waals surface area contributed by atoms with Gasteiger partial charge in [-0.2, -0.15) is 12.7 Å². The minimum absolute atomic E-state index is 0.371. The van der Waals surface area contributed by atoms with Crippen molar-refractivity contribution in [2.75, 3.05) is 31.0 Å². The first-order valence-corrected chi connectivity index (χ1v) is 10.1. The lowest BCUT2D eigenvalue weighted by molar-refractivity contribution is 0.0733. The maximum Gasteiger partial charge on any atom is 0.301 e. The molecule has 2 aliphatic heterocycles. The predicted molar refractivity (Wildman–Crippen MR) is 95.5 cm³/mol. The Bertz CT molecular complexity index is 833. The second kappa shape index (κ2) is 6.78. The number of imidazole rings is 1. The van der Waals surface area contributed by atoms with Crippen molar-refractivity contribution in [1.82, 2.24) is 13.9 Å². The number of para-hydroxylation sites is 1. The van der Waals surface area contributed by atoms with Crippen molar-refractivity contribution < 1.29 is 13.2 Å². The first-order valence-electron chi connectivity index (χ1n) is 8.64. The van der Waals surface area contributed by atoms with Crippen LogP contribution >= 0.6 is 0 Å². The molecular formula is C17H22N4O3S. The Balaban J connectivity index is 1.64. The Morgan fingerprint density at radius 1 is 1.08 bits per heavy atom. The molecule has 1 fully saturated rings. The number of ether oxygens (including phenoxy) is 1. The van der Waals surface area contributed by atoms with Crippen LogP contribution in [0.15, 0.2) is 30.5 Å². The lowest BCUT2D eigenvalue weighted by Crippen LogP contribution is -2.43. The highest BCUT2D eigenvalue weighted by Crippen LogP contribution is 2.30. The number of nitrogens with one attached hydrogen (secondary N) is 1. The summed E-state index contributed by atoms with van der Waals surface area (Å²) in [6.07, 6.45) is 5.31. The number of hydrogen-bond donors (Lipinski definition) is 1. The molecule has 0 amide bonds. The highest BCUT2D eigenvalue weighted by molar-refractivity contribution is 7.90. The molecule has 25 heavy (non-hydrogen) atoms. The molecule has 1 N–H and O–H groups in total. The van der Waals surface area contributed by atoms with Gasteiger partial charge in [-0.1, -0.05) is 18.2 Å². The molecule has 1 aromatic carbocycles. The predicted octanol–water partition coefficient (Wildman–Crippen LogP) is 1.88. The van der Waals surface area contributed by atoms with Gasteiger partial charge in [0.25, 0.3) is 0 Å². The van der Waals surface area contributed by atoms with Gasteiger partial charge in [-0.05, 0) is 18.9 Å². The molecule has 7 nitrogen and oxygen atoms in total. The van der Waals surface area contributed by atoms with Gasteiger partial charge < -0.3 is 9.30 Å². The van der Waals surface area contributed by atoms with Crippen LogP contribution in [0.5, 0.6) is 0 Å². The zero-order chi connectivity index (χ0) is 17.3. The molecule has 0 bridgehead atoms. The molecule has 0 spiro atoms. The van der Waals surface area contributed by atoms with Crippen LogP contribution in [0.2, 0.25) is 0 Å². The Morgan fingerprint density at radius 2 is 1.88 bits per heavy atom. The van der Waals surface area contributed by atoms with Crippen molar-refractivity contribution >= 4 is 15.9 Å². The molecular weight excluding hydrogens is 340 g/mol. The molecule has 0 atom stereocenters. The normalized spacial score (nSPS) is 18.7. The molecule has 1 aromatic heterocycles. The highest BCUT2D eigenvalue weighted by Gasteiger charge is 2.25. The number of hydrogen-bond acceptors (Lipinski definition) is 4. The van der Waals surface area contributed by atoms with Crippen molar-refractivity contribution in [2.45, 2.75) is 25.8 Å². The average molecular weight is 362 g/mol. The zero-order valence-corrected chi connectivity index (χ0v) is 14.8. The summed E-state index contributed by atoms with van der Waals surface area (Å²) >= 11 is 0. The van der Waals surface area contributed by atoms with Crippen molar-refractivity contribution in [1.29, 1.82) is 0 Å². The average Bonchev–Trinajstić information content (AvgIpc) is 3.06. The zero-order valence-electron chi connectivity index (χ0n) is 14.0. The number of aryl methyl sites for hydroxylation is 2. The van der Waals surface area contributed by atoms with Gasteiger partial charge in [0.15, 0.2) is 0 Å². The van der Waals surface area contributed by atoms with E-state index < -0.39 is 10.2 Å². The summed E-state index contributed by atoms with van der Waals surface area (Å²) < 4.78 is 36.9. The van der Waals surface area contributed by atoms with Crippen LogP contribution in [0.25, 0.3) is 11.3 Å². The Hall–Kier alpha value is -1.90. The first kappa shape index (κ1) is 16.6. The van der Waals surface area contributed by atoms with Gasteiger partial charge in [-0.3, -0.25) is 4.72 Å². The second-order valence-corrected chi connectivity index (χ2v) is 8.03. The molecule has 1 saturated heterocycles. The van der Waals surface area contributed by atoms with E-state index in [1.807, 2.05) is 24.4 Å². The third-order valence-corrected chi connectivity index (χ3v) is 6.18. The van der Waals surface area contributed by atoms with E-state index in [0.717, 1.165) is 42.9 Å². The monoisotopic (exact) mass is 362 g/mol. The number of anilines is 1.